The van der Waals surface area contributed by atoms with E-state index in [0.29, 0.717) is 54.9 Å². The van der Waals surface area contributed by atoms with Crippen LogP contribution in [0.1, 0.15) is 28.8 Å². The van der Waals surface area contributed by atoms with Gasteiger partial charge in [-0.2, -0.15) is 0 Å². The summed E-state index contributed by atoms with van der Waals surface area (Å²) >= 11 is 0. The number of hydrogen-bond acceptors (Lipinski definition) is 5. The summed E-state index contributed by atoms with van der Waals surface area (Å²) in [7, 11) is -3.92. The molecule has 1 aliphatic carbocycles. The Bertz CT molecular complexity index is 1590. The van der Waals surface area contributed by atoms with E-state index in [4.69, 9.17) is 0 Å². The molecule has 1 aromatic heterocycles. The molecule has 202 valence electrons. The van der Waals surface area contributed by atoms with Crippen molar-refractivity contribution in [1.82, 2.24) is 14.8 Å². The average molecular weight is 549 g/mol. The molecule has 2 heterocycles. The zero-order valence-electron chi connectivity index (χ0n) is 21.5. The number of sulfonamides is 1. The molecule has 39 heavy (non-hydrogen) atoms. The fraction of sp³-hybridized carbons (Fsp3) is 0.276. The van der Waals surface area contributed by atoms with Gasteiger partial charge in [-0.1, -0.05) is 36.4 Å². The number of benzene rings is 2. The molecule has 3 aromatic rings. The molecule has 1 unspecified atom stereocenters. The van der Waals surface area contributed by atoms with Crippen LogP contribution >= 0.6 is 0 Å². The number of fused-ring (bicyclic) bond motifs is 1. The molecule has 0 saturated carbocycles. The SMILES string of the molecule is Cc1cc(C(=O)N2CCN(C(=O)CC3=CCC(F)C=C3)CC2)ccc1NS(=O)(=O)c1cccc2cccnc12. The smallest absolute Gasteiger partial charge is 0.264 e. The molecule has 1 saturated heterocycles. The van der Waals surface area contributed by atoms with Crippen LogP contribution in [0.4, 0.5) is 10.1 Å². The predicted octanol–water partition coefficient (Wildman–Crippen LogP) is 4.24. The van der Waals surface area contributed by atoms with Crippen molar-refractivity contribution < 1.29 is 22.4 Å². The maximum atomic E-state index is 13.3. The Balaban J connectivity index is 1.22. The van der Waals surface area contributed by atoms with Gasteiger partial charge < -0.3 is 9.80 Å². The highest BCUT2D eigenvalue weighted by atomic mass is 32.2. The van der Waals surface area contributed by atoms with E-state index < -0.39 is 16.2 Å². The lowest BCUT2D eigenvalue weighted by molar-refractivity contribution is -0.131. The van der Waals surface area contributed by atoms with Crippen molar-refractivity contribution >= 4 is 38.4 Å². The van der Waals surface area contributed by atoms with E-state index in [1.165, 1.54) is 12.1 Å². The van der Waals surface area contributed by atoms with E-state index in [2.05, 4.69) is 9.71 Å². The van der Waals surface area contributed by atoms with Gasteiger partial charge in [-0.15, -0.1) is 0 Å². The van der Waals surface area contributed by atoms with Gasteiger partial charge in [0.1, 0.15) is 11.1 Å². The summed E-state index contributed by atoms with van der Waals surface area (Å²) in [6.45, 7) is 3.37. The standard InChI is InChI=1S/C29H29FN4O4S/c1-20-18-23(9-12-25(20)32-39(37,38)26-6-2-4-22-5-3-13-31-28(22)26)29(36)34-16-14-33(15-17-34)27(35)19-21-7-10-24(30)11-8-21/h2-10,12-13,18,24,32H,11,14-17,19H2,1H3. The van der Waals surface area contributed by atoms with Crippen molar-refractivity contribution in [3.8, 4) is 0 Å². The van der Waals surface area contributed by atoms with Crippen molar-refractivity contribution in [1.29, 1.82) is 0 Å². The van der Waals surface area contributed by atoms with E-state index in [-0.39, 0.29) is 23.1 Å². The number of carbonyl (C=O) groups is 2. The predicted molar refractivity (Wildman–Crippen MR) is 148 cm³/mol. The van der Waals surface area contributed by atoms with Gasteiger partial charge in [0.15, 0.2) is 0 Å². The van der Waals surface area contributed by atoms with Gasteiger partial charge in [-0.25, -0.2) is 12.8 Å². The third-order valence-corrected chi connectivity index (χ3v) is 8.40. The number of nitrogens with one attached hydrogen (secondary N) is 1. The van der Waals surface area contributed by atoms with Crippen LogP contribution < -0.4 is 4.72 Å². The van der Waals surface area contributed by atoms with E-state index >= 15 is 0 Å². The molecule has 2 aliphatic rings. The summed E-state index contributed by atoms with van der Waals surface area (Å²) in [6.07, 6.45) is 5.97. The van der Waals surface area contributed by atoms with E-state index in [0.717, 1.165) is 11.0 Å². The van der Waals surface area contributed by atoms with Crippen molar-refractivity contribution in [3.05, 3.63) is 89.7 Å². The quantitative estimate of drug-likeness (QED) is 0.497. The fourth-order valence-corrected chi connectivity index (χ4v) is 6.11. The lowest BCUT2D eigenvalue weighted by Gasteiger charge is -2.35. The molecule has 8 nitrogen and oxygen atoms in total. The molecule has 1 aliphatic heterocycles. The Morgan fingerprint density at radius 2 is 1.79 bits per heavy atom. The number of pyridine rings is 1. The highest BCUT2D eigenvalue weighted by Crippen LogP contribution is 2.26. The number of piperazine rings is 1. The summed E-state index contributed by atoms with van der Waals surface area (Å²) in [4.78, 5) is 33.6. The second-order valence-electron chi connectivity index (χ2n) is 9.71. The lowest BCUT2D eigenvalue weighted by Crippen LogP contribution is -2.50. The van der Waals surface area contributed by atoms with Crippen LogP contribution in [0.5, 0.6) is 0 Å². The summed E-state index contributed by atoms with van der Waals surface area (Å²) in [6, 6.07) is 13.4. The highest BCUT2D eigenvalue weighted by Gasteiger charge is 2.26. The highest BCUT2D eigenvalue weighted by molar-refractivity contribution is 7.93. The monoisotopic (exact) mass is 548 g/mol. The van der Waals surface area contributed by atoms with Gasteiger partial charge in [0, 0.05) is 49.7 Å². The molecule has 2 aromatic carbocycles. The molecule has 0 radical (unpaired) electrons. The van der Waals surface area contributed by atoms with Crippen molar-refractivity contribution in [2.24, 2.45) is 0 Å². The molecule has 5 rings (SSSR count). The van der Waals surface area contributed by atoms with Crippen LogP contribution in [-0.2, 0) is 14.8 Å². The van der Waals surface area contributed by atoms with Gasteiger partial charge in [-0.3, -0.25) is 19.3 Å². The Morgan fingerprint density at radius 1 is 1.05 bits per heavy atom. The number of para-hydroxylation sites is 1. The number of aromatic nitrogens is 1. The molecule has 1 fully saturated rings. The zero-order valence-corrected chi connectivity index (χ0v) is 22.3. The van der Waals surface area contributed by atoms with Crippen molar-refractivity contribution in [2.75, 3.05) is 30.9 Å². The van der Waals surface area contributed by atoms with E-state index in [9.17, 15) is 22.4 Å². The maximum absolute atomic E-state index is 13.3. The maximum Gasteiger partial charge on any atom is 0.264 e. The number of hydrogen-bond donors (Lipinski definition) is 1. The minimum absolute atomic E-state index is 0.0378. The molecule has 1 N–H and O–H groups in total. The normalized spacial score (nSPS) is 17.7. The second kappa shape index (κ2) is 11.0. The molecule has 0 spiro atoms. The molecular weight excluding hydrogens is 519 g/mol. The van der Waals surface area contributed by atoms with Crippen LogP contribution in [0.2, 0.25) is 0 Å². The number of halogens is 1. The molecule has 0 bridgehead atoms. The van der Waals surface area contributed by atoms with Crippen molar-refractivity contribution in [3.63, 3.8) is 0 Å². The number of amides is 2. The average Bonchev–Trinajstić information content (AvgIpc) is 2.94. The molecular formula is C29H29FN4O4S. The minimum atomic E-state index is -3.92. The third kappa shape index (κ3) is 5.85. The first kappa shape index (κ1) is 26.6. The van der Waals surface area contributed by atoms with Crippen LogP contribution in [0.25, 0.3) is 10.9 Å². The van der Waals surface area contributed by atoms with Crippen LogP contribution in [0.15, 0.2) is 83.4 Å². The van der Waals surface area contributed by atoms with Gasteiger partial charge >= 0.3 is 0 Å². The largest absolute Gasteiger partial charge is 0.339 e. The summed E-state index contributed by atoms with van der Waals surface area (Å²) in [5.74, 6) is -0.214. The zero-order chi connectivity index (χ0) is 27.6. The first-order valence-electron chi connectivity index (χ1n) is 12.8. The van der Waals surface area contributed by atoms with Crippen LogP contribution in [0.3, 0.4) is 0 Å². The Hall–Kier alpha value is -4.05. The van der Waals surface area contributed by atoms with Gasteiger partial charge in [-0.05, 0) is 48.4 Å². The molecule has 2 amide bonds. The lowest BCUT2D eigenvalue weighted by atomic mass is 10.0. The van der Waals surface area contributed by atoms with Gasteiger partial charge in [0.25, 0.3) is 15.9 Å². The summed E-state index contributed by atoms with van der Waals surface area (Å²) in [5, 5.41) is 0.720. The first-order chi connectivity index (χ1) is 18.7. The van der Waals surface area contributed by atoms with Crippen LogP contribution in [0, 0.1) is 6.92 Å². The Kier molecular flexibility index (Phi) is 7.47. The third-order valence-electron chi connectivity index (χ3n) is 7.00. The second-order valence-corrected chi connectivity index (χ2v) is 11.4. The number of alkyl halides is 1. The number of rotatable bonds is 6. The number of anilines is 1. The topological polar surface area (TPSA) is 99.7 Å². The minimum Gasteiger partial charge on any atom is -0.339 e. The van der Waals surface area contributed by atoms with Crippen LogP contribution in [-0.4, -0.2) is 67.4 Å². The van der Waals surface area contributed by atoms with Gasteiger partial charge in [0.2, 0.25) is 5.91 Å². The van der Waals surface area contributed by atoms with Gasteiger partial charge in [0.05, 0.1) is 17.6 Å². The Morgan fingerprint density at radius 3 is 2.51 bits per heavy atom. The number of nitrogens with zero attached hydrogens (tertiary/aromatic N) is 3. The van der Waals surface area contributed by atoms with E-state index in [1.54, 1.807) is 77.5 Å². The number of allylic oxidation sites excluding steroid dienone is 3. The van der Waals surface area contributed by atoms with Crippen molar-refractivity contribution in [2.45, 2.75) is 30.8 Å². The summed E-state index contributed by atoms with van der Waals surface area (Å²) < 4.78 is 42.2. The Labute approximate surface area is 226 Å². The number of carbonyl (C=O) groups excluding carboxylic acids is 2. The fourth-order valence-electron chi connectivity index (χ4n) is 4.80. The van der Waals surface area contributed by atoms with E-state index in [1.807, 2.05) is 0 Å². The molecule has 10 heteroatoms. The molecule has 1 atom stereocenters. The first-order valence-corrected chi connectivity index (χ1v) is 14.3. The number of aryl methyl sites for hydroxylation is 1. The summed E-state index contributed by atoms with van der Waals surface area (Å²) in [5.41, 5.74) is 2.63.